The second kappa shape index (κ2) is 7.11. The number of rotatable bonds is 6. The molecule has 2 nitrogen and oxygen atoms in total. The van der Waals surface area contributed by atoms with Gasteiger partial charge in [-0.05, 0) is 30.9 Å². The van der Waals surface area contributed by atoms with Gasteiger partial charge in [-0.15, -0.1) is 0 Å². The lowest BCUT2D eigenvalue weighted by atomic mass is 9.92. The van der Waals surface area contributed by atoms with Crippen LogP contribution in [0.1, 0.15) is 43.4 Å². The van der Waals surface area contributed by atoms with Crippen LogP contribution in [0.2, 0.25) is 0 Å². The summed E-state index contributed by atoms with van der Waals surface area (Å²) in [5, 5.41) is 10.5. The fourth-order valence-electron chi connectivity index (χ4n) is 2.42. The minimum Gasteiger partial charge on any atom is -0.493 e. The lowest BCUT2D eigenvalue weighted by Crippen LogP contribution is -2.06. The molecule has 1 N–H and O–H groups in total. The van der Waals surface area contributed by atoms with Crippen molar-refractivity contribution in [2.24, 2.45) is 0 Å². The average Bonchev–Trinajstić information content (AvgIpc) is 2.49. The SMILES string of the molecule is CCOc1ccccc1C(O)CC(C)c1ccccc1. The molecule has 0 bridgehead atoms. The second-order valence-corrected chi connectivity index (χ2v) is 5.03. The molecule has 0 aliphatic heterocycles. The van der Waals surface area contributed by atoms with Gasteiger partial charge in [0, 0.05) is 5.56 Å². The Hall–Kier alpha value is -1.80. The molecule has 2 atom stereocenters. The van der Waals surface area contributed by atoms with Crippen molar-refractivity contribution in [1.29, 1.82) is 0 Å². The van der Waals surface area contributed by atoms with E-state index >= 15 is 0 Å². The lowest BCUT2D eigenvalue weighted by Gasteiger charge is -2.19. The maximum Gasteiger partial charge on any atom is 0.125 e. The van der Waals surface area contributed by atoms with Crippen LogP contribution in [-0.2, 0) is 0 Å². The zero-order valence-corrected chi connectivity index (χ0v) is 12.1. The molecule has 0 saturated heterocycles. The fraction of sp³-hybridized carbons (Fsp3) is 0.333. The van der Waals surface area contributed by atoms with Gasteiger partial charge in [0.05, 0.1) is 12.7 Å². The zero-order valence-electron chi connectivity index (χ0n) is 12.1. The number of hydrogen-bond donors (Lipinski definition) is 1. The van der Waals surface area contributed by atoms with Gasteiger partial charge < -0.3 is 9.84 Å². The second-order valence-electron chi connectivity index (χ2n) is 5.03. The molecule has 0 aliphatic carbocycles. The summed E-state index contributed by atoms with van der Waals surface area (Å²) in [5.41, 5.74) is 2.12. The Kier molecular flexibility index (Phi) is 5.19. The predicted molar refractivity (Wildman–Crippen MR) is 82.0 cm³/mol. The quantitative estimate of drug-likeness (QED) is 0.847. The Morgan fingerprint density at radius 3 is 2.35 bits per heavy atom. The van der Waals surface area contributed by atoms with Crippen molar-refractivity contribution in [2.75, 3.05) is 6.61 Å². The van der Waals surface area contributed by atoms with Crippen molar-refractivity contribution in [1.82, 2.24) is 0 Å². The van der Waals surface area contributed by atoms with E-state index in [1.165, 1.54) is 5.56 Å². The first-order valence-electron chi connectivity index (χ1n) is 7.17. The minimum atomic E-state index is -0.507. The Morgan fingerprint density at radius 1 is 1.00 bits per heavy atom. The van der Waals surface area contributed by atoms with Crippen LogP contribution in [0.3, 0.4) is 0 Å². The van der Waals surface area contributed by atoms with Crippen LogP contribution in [-0.4, -0.2) is 11.7 Å². The van der Waals surface area contributed by atoms with Crippen LogP contribution < -0.4 is 4.74 Å². The van der Waals surface area contributed by atoms with E-state index in [2.05, 4.69) is 19.1 Å². The summed E-state index contributed by atoms with van der Waals surface area (Å²) in [6.45, 7) is 4.70. The Labute approximate surface area is 121 Å². The van der Waals surface area contributed by atoms with Gasteiger partial charge in [0.2, 0.25) is 0 Å². The third kappa shape index (κ3) is 3.61. The molecule has 0 aromatic heterocycles. The summed E-state index contributed by atoms with van der Waals surface area (Å²) >= 11 is 0. The molecule has 0 heterocycles. The zero-order chi connectivity index (χ0) is 14.4. The Bertz CT molecular complexity index is 522. The monoisotopic (exact) mass is 270 g/mol. The van der Waals surface area contributed by atoms with Crippen LogP contribution in [0.5, 0.6) is 5.75 Å². The summed E-state index contributed by atoms with van der Waals surface area (Å²) in [4.78, 5) is 0. The number of para-hydroxylation sites is 1. The normalized spacial score (nSPS) is 13.8. The molecule has 20 heavy (non-hydrogen) atoms. The minimum absolute atomic E-state index is 0.306. The molecule has 0 fully saturated rings. The largest absolute Gasteiger partial charge is 0.493 e. The van der Waals surface area contributed by atoms with E-state index in [9.17, 15) is 5.11 Å². The Morgan fingerprint density at radius 2 is 1.65 bits per heavy atom. The van der Waals surface area contributed by atoms with Crippen molar-refractivity contribution in [3.8, 4) is 5.75 Å². The van der Waals surface area contributed by atoms with Crippen LogP contribution in [0.4, 0.5) is 0 Å². The maximum atomic E-state index is 10.5. The predicted octanol–water partition coefficient (Wildman–Crippen LogP) is 4.31. The van der Waals surface area contributed by atoms with Gasteiger partial charge in [-0.2, -0.15) is 0 Å². The first-order valence-corrected chi connectivity index (χ1v) is 7.17. The van der Waals surface area contributed by atoms with E-state index in [1.807, 2.05) is 49.4 Å². The molecule has 2 heteroatoms. The molecule has 0 spiro atoms. The van der Waals surface area contributed by atoms with E-state index < -0.39 is 6.10 Å². The van der Waals surface area contributed by atoms with E-state index in [4.69, 9.17) is 4.74 Å². The summed E-state index contributed by atoms with van der Waals surface area (Å²) in [5.74, 6) is 1.09. The van der Waals surface area contributed by atoms with Crippen molar-refractivity contribution in [3.05, 3.63) is 65.7 Å². The van der Waals surface area contributed by atoms with Gasteiger partial charge in [0.15, 0.2) is 0 Å². The van der Waals surface area contributed by atoms with Crippen LogP contribution in [0, 0.1) is 0 Å². The molecular weight excluding hydrogens is 248 g/mol. The Balaban J connectivity index is 2.10. The van der Waals surface area contributed by atoms with Crippen LogP contribution in [0.15, 0.2) is 54.6 Å². The number of ether oxygens (including phenoxy) is 1. The highest BCUT2D eigenvalue weighted by atomic mass is 16.5. The van der Waals surface area contributed by atoms with Crippen molar-refractivity contribution < 1.29 is 9.84 Å². The molecule has 2 rings (SSSR count). The molecule has 106 valence electrons. The van der Waals surface area contributed by atoms with Gasteiger partial charge in [0.25, 0.3) is 0 Å². The van der Waals surface area contributed by atoms with Crippen molar-refractivity contribution in [3.63, 3.8) is 0 Å². The molecular formula is C18H22O2. The van der Waals surface area contributed by atoms with E-state index in [0.717, 1.165) is 11.3 Å². The fourth-order valence-corrected chi connectivity index (χ4v) is 2.42. The molecule has 2 aromatic rings. The van der Waals surface area contributed by atoms with Crippen molar-refractivity contribution >= 4 is 0 Å². The summed E-state index contributed by atoms with van der Waals surface area (Å²) in [7, 11) is 0. The highest BCUT2D eigenvalue weighted by Crippen LogP contribution is 2.32. The topological polar surface area (TPSA) is 29.5 Å². The van der Waals surface area contributed by atoms with E-state index in [-0.39, 0.29) is 0 Å². The number of aliphatic hydroxyl groups is 1. The maximum absolute atomic E-state index is 10.5. The molecule has 0 saturated carbocycles. The lowest BCUT2D eigenvalue weighted by molar-refractivity contribution is 0.154. The van der Waals surface area contributed by atoms with Gasteiger partial charge in [-0.3, -0.25) is 0 Å². The smallest absolute Gasteiger partial charge is 0.125 e. The molecule has 2 unspecified atom stereocenters. The number of aliphatic hydroxyl groups excluding tert-OH is 1. The van der Waals surface area contributed by atoms with Gasteiger partial charge in [0.1, 0.15) is 5.75 Å². The van der Waals surface area contributed by atoms with E-state index in [0.29, 0.717) is 18.9 Å². The standard InChI is InChI=1S/C18H22O2/c1-3-20-18-12-8-7-11-16(18)17(19)13-14(2)15-9-5-4-6-10-15/h4-12,14,17,19H,3,13H2,1-2H3. The number of hydrogen-bond acceptors (Lipinski definition) is 2. The highest BCUT2D eigenvalue weighted by Gasteiger charge is 2.17. The summed E-state index contributed by atoms with van der Waals surface area (Å²) in [6, 6.07) is 18.0. The average molecular weight is 270 g/mol. The first kappa shape index (κ1) is 14.6. The van der Waals surface area contributed by atoms with Gasteiger partial charge >= 0.3 is 0 Å². The third-order valence-electron chi connectivity index (χ3n) is 3.52. The first-order chi connectivity index (χ1) is 9.72. The molecule has 0 radical (unpaired) electrons. The summed E-state index contributed by atoms with van der Waals surface area (Å²) < 4.78 is 5.59. The van der Waals surface area contributed by atoms with Gasteiger partial charge in [-0.1, -0.05) is 55.5 Å². The third-order valence-corrected chi connectivity index (χ3v) is 3.52. The molecule has 2 aromatic carbocycles. The highest BCUT2D eigenvalue weighted by molar-refractivity contribution is 5.35. The van der Waals surface area contributed by atoms with Gasteiger partial charge in [-0.25, -0.2) is 0 Å². The molecule has 0 aliphatic rings. The van der Waals surface area contributed by atoms with Crippen molar-refractivity contribution in [2.45, 2.75) is 32.3 Å². The summed E-state index contributed by atoms with van der Waals surface area (Å²) in [6.07, 6.45) is 0.182. The molecule has 0 amide bonds. The number of benzene rings is 2. The van der Waals surface area contributed by atoms with Crippen LogP contribution in [0.25, 0.3) is 0 Å². The van der Waals surface area contributed by atoms with Crippen LogP contribution >= 0.6 is 0 Å². The van der Waals surface area contributed by atoms with E-state index in [1.54, 1.807) is 0 Å².